The van der Waals surface area contributed by atoms with Crippen molar-refractivity contribution in [3.8, 4) is 0 Å². The molecule has 1 atom stereocenters. The number of rotatable bonds is 3. The van der Waals surface area contributed by atoms with Crippen molar-refractivity contribution < 1.29 is 14.7 Å². The van der Waals surface area contributed by atoms with Crippen LogP contribution in [-0.2, 0) is 4.79 Å². The van der Waals surface area contributed by atoms with E-state index >= 15 is 0 Å². The molecule has 14 heavy (non-hydrogen) atoms. The Morgan fingerprint density at radius 2 is 2.21 bits per heavy atom. The molecule has 0 aromatic heterocycles. The van der Waals surface area contributed by atoms with E-state index in [1.165, 1.54) is 4.90 Å². The third-order valence-electron chi connectivity index (χ3n) is 2.51. The predicted octanol–water partition coefficient (Wildman–Crippen LogP) is 0.607. The van der Waals surface area contributed by atoms with E-state index < -0.39 is 12.0 Å². The van der Waals surface area contributed by atoms with Crippen LogP contribution in [0.2, 0.25) is 0 Å². The van der Waals surface area contributed by atoms with E-state index in [0.29, 0.717) is 19.5 Å². The number of carbonyl (C=O) groups excluding carboxylic acids is 1. The Kier molecular flexibility index (Phi) is 3.33. The van der Waals surface area contributed by atoms with E-state index in [0.717, 1.165) is 6.42 Å². The molecule has 1 aliphatic rings. The first-order chi connectivity index (χ1) is 6.57. The number of urea groups is 1. The van der Waals surface area contributed by atoms with E-state index in [1.54, 1.807) is 18.9 Å². The van der Waals surface area contributed by atoms with Crippen LogP contribution in [0.4, 0.5) is 4.79 Å². The second kappa shape index (κ2) is 4.30. The Hall–Kier alpha value is -1.26. The second-order valence-electron chi connectivity index (χ2n) is 3.51. The van der Waals surface area contributed by atoms with Gasteiger partial charge < -0.3 is 14.9 Å². The number of hydrogen-bond acceptors (Lipinski definition) is 2. The molecule has 0 spiro atoms. The lowest BCUT2D eigenvalue weighted by Gasteiger charge is -2.36. The van der Waals surface area contributed by atoms with Crippen molar-refractivity contribution in [3.63, 3.8) is 0 Å². The van der Waals surface area contributed by atoms with Crippen LogP contribution in [-0.4, -0.2) is 53.1 Å². The van der Waals surface area contributed by atoms with E-state index in [1.807, 2.05) is 0 Å². The quantitative estimate of drug-likeness (QED) is 0.726. The molecular weight excluding hydrogens is 184 g/mol. The number of hydrogen-bond donors (Lipinski definition) is 1. The van der Waals surface area contributed by atoms with E-state index in [2.05, 4.69) is 0 Å². The van der Waals surface area contributed by atoms with Gasteiger partial charge in [0.15, 0.2) is 0 Å². The Labute approximate surface area is 83.3 Å². The van der Waals surface area contributed by atoms with Crippen molar-refractivity contribution in [1.82, 2.24) is 9.80 Å². The highest BCUT2D eigenvalue weighted by Crippen LogP contribution is 2.13. The molecule has 0 saturated carbocycles. The van der Waals surface area contributed by atoms with Crippen molar-refractivity contribution in [3.05, 3.63) is 0 Å². The van der Waals surface area contributed by atoms with E-state index in [4.69, 9.17) is 5.11 Å². The molecular formula is C9H16N2O3. The zero-order valence-corrected chi connectivity index (χ0v) is 8.56. The molecule has 1 saturated heterocycles. The van der Waals surface area contributed by atoms with Crippen molar-refractivity contribution in [2.24, 2.45) is 0 Å². The van der Waals surface area contributed by atoms with Gasteiger partial charge in [0.2, 0.25) is 0 Å². The van der Waals surface area contributed by atoms with Crippen molar-refractivity contribution in [2.45, 2.75) is 25.8 Å². The number of carboxylic acid groups (broad SMARTS) is 1. The van der Waals surface area contributed by atoms with Crippen LogP contribution in [0.5, 0.6) is 0 Å². The summed E-state index contributed by atoms with van der Waals surface area (Å²) in [5.74, 6) is -0.920. The van der Waals surface area contributed by atoms with Gasteiger partial charge in [0, 0.05) is 20.1 Å². The topological polar surface area (TPSA) is 60.9 Å². The molecule has 2 amide bonds. The van der Waals surface area contributed by atoms with Gasteiger partial charge in [-0.2, -0.15) is 0 Å². The Morgan fingerprint density at radius 3 is 2.71 bits per heavy atom. The first kappa shape index (κ1) is 10.8. The first-order valence-corrected chi connectivity index (χ1v) is 4.82. The van der Waals surface area contributed by atoms with Crippen LogP contribution in [0.15, 0.2) is 0 Å². The van der Waals surface area contributed by atoms with Gasteiger partial charge in [0.1, 0.15) is 6.04 Å². The average Bonchev–Trinajstić information content (AvgIpc) is 2.13. The zero-order valence-electron chi connectivity index (χ0n) is 8.56. The van der Waals surface area contributed by atoms with Crippen molar-refractivity contribution >= 4 is 12.0 Å². The van der Waals surface area contributed by atoms with Crippen LogP contribution < -0.4 is 0 Å². The van der Waals surface area contributed by atoms with Crippen LogP contribution in [0.1, 0.15) is 19.8 Å². The van der Waals surface area contributed by atoms with Crippen LogP contribution in [0.25, 0.3) is 0 Å². The lowest BCUT2D eigenvalue weighted by atomic mass is 10.1. The van der Waals surface area contributed by atoms with Gasteiger partial charge in [-0.05, 0) is 12.8 Å². The Morgan fingerprint density at radius 1 is 1.57 bits per heavy atom. The van der Waals surface area contributed by atoms with E-state index in [-0.39, 0.29) is 6.03 Å². The van der Waals surface area contributed by atoms with Crippen molar-refractivity contribution in [1.29, 1.82) is 0 Å². The standard InChI is InChI=1S/C9H16N2O3/c1-3-7(8(12)13)11-6-4-5-10(2)9(11)14/h7H,3-6H2,1-2H3,(H,12,13)/t7-/m0/s1. The minimum atomic E-state index is -0.920. The molecule has 0 aromatic rings. The molecule has 1 heterocycles. The number of nitrogens with zero attached hydrogens (tertiary/aromatic N) is 2. The molecule has 0 bridgehead atoms. The van der Waals surface area contributed by atoms with Gasteiger partial charge >= 0.3 is 12.0 Å². The summed E-state index contributed by atoms with van der Waals surface area (Å²) in [7, 11) is 1.70. The van der Waals surface area contributed by atoms with Gasteiger partial charge in [0.05, 0.1) is 0 Å². The number of carboxylic acids is 1. The summed E-state index contributed by atoms with van der Waals surface area (Å²) in [6, 6.07) is -0.851. The number of aliphatic carboxylic acids is 1. The van der Waals surface area contributed by atoms with Gasteiger partial charge in [-0.15, -0.1) is 0 Å². The molecule has 80 valence electrons. The lowest BCUT2D eigenvalue weighted by molar-refractivity contribution is -0.142. The molecule has 0 radical (unpaired) electrons. The SMILES string of the molecule is CC[C@@H](C(=O)O)N1CCCN(C)C1=O. The molecule has 1 fully saturated rings. The second-order valence-corrected chi connectivity index (χ2v) is 3.51. The maximum Gasteiger partial charge on any atom is 0.326 e. The summed E-state index contributed by atoms with van der Waals surface area (Å²) >= 11 is 0. The van der Waals surface area contributed by atoms with Gasteiger partial charge in [-0.1, -0.05) is 6.92 Å². The number of carbonyl (C=O) groups is 2. The molecule has 0 aromatic carbocycles. The minimum Gasteiger partial charge on any atom is -0.480 e. The maximum absolute atomic E-state index is 11.6. The first-order valence-electron chi connectivity index (χ1n) is 4.82. The lowest BCUT2D eigenvalue weighted by Crippen LogP contribution is -2.54. The van der Waals surface area contributed by atoms with Gasteiger partial charge in [-0.3, -0.25) is 0 Å². The highest BCUT2D eigenvalue weighted by molar-refractivity contribution is 5.83. The summed E-state index contributed by atoms with van der Waals surface area (Å²) in [6.07, 6.45) is 1.29. The molecule has 1 N–H and O–H groups in total. The normalized spacial score (nSPS) is 19.7. The minimum absolute atomic E-state index is 0.175. The fourth-order valence-electron chi connectivity index (χ4n) is 1.71. The Balaban J connectivity index is 2.74. The summed E-state index contributed by atoms with van der Waals surface area (Å²) in [6.45, 7) is 3.04. The molecule has 1 aliphatic heterocycles. The fraction of sp³-hybridized carbons (Fsp3) is 0.778. The van der Waals surface area contributed by atoms with Gasteiger partial charge in [-0.25, -0.2) is 9.59 Å². The average molecular weight is 200 g/mol. The molecule has 5 heteroatoms. The zero-order chi connectivity index (χ0) is 10.7. The summed E-state index contributed by atoms with van der Waals surface area (Å²) in [4.78, 5) is 25.5. The van der Waals surface area contributed by atoms with Crippen LogP contribution in [0, 0.1) is 0 Å². The smallest absolute Gasteiger partial charge is 0.326 e. The van der Waals surface area contributed by atoms with Crippen LogP contribution >= 0.6 is 0 Å². The number of amides is 2. The highest BCUT2D eigenvalue weighted by Gasteiger charge is 2.32. The largest absolute Gasteiger partial charge is 0.480 e. The summed E-state index contributed by atoms with van der Waals surface area (Å²) in [5, 5.41) is 8.92. The summed E-state index contributed by atoms with van der Waals surface area (Å²) < 4.78 is 0. The molecule has 5 nitrogen and oxygen atoms in total. The van der Waals surface area contributed by atoms with Gasteiger partial charge in [0.25, 0.3) is 0 Å². The highest BCUT2D eigenvalue weighted by atomic mass is 16.4. The molecule has 1 rings (SSSR count). The third-order valence-corrected chi connectivity index (χ3v) is 2.51. The molecule has 0 unspecified atom stereocenters. The predicted molar refractivity (Wildman–Crippen MR) is 51.1 cm³/mol. The maximum atomic E-state index is 11.6. The van der Waals surface area contributed by atoms with E-state index in [9.17, 15) is 9.59 Å². The Bertz CT molecular complexity index is 242. The van der Waals surface area contributed by atoms with Crippen molar-refractivity contribution in [2.75, 3.05) is 20.1 Å². The fourth-order valence-corrected chi connectivity index (χ4v) is 1.71. The monoisotopic (exact) mass is 200 g/mol. The van der Waals surface area contributed by atoms with Crippen LogP contribution in [0.3, 0.4) is 0 Å². The molecule has 0 aliphatic carbocycles. The summed E-state index contributed by atoms with van der Waals surface area (Å²) in [5.41, 5.74) is 0. The third kappa shape index (κ3) is 1.97.